The molecule has 0 aliphatic carbocycles. The molecule has 0 bridgehead atoms. The fourth-order valence-corrected chi connectivity index (χ4v) is 4.99. The Hall–Kier alpha value is -2.45. The van der Waals surface area contributed by atoms with Crippen LogP contribution in [0.25, 0.3) is 0 Å². The molecule has 1 amide bonds. The number of hydrazone groups is 1. The maximum absolute atomic E-state index is 12.5. The highest BCUT2D eigenvalue weighted by Crippen LogP contribution is 2.29. The number of nitrogens with zero attached hydrogens (tertiary/aromatic N) is 2. The van der Waals surface area contributed by atoms with Gasteiger partial charge in [-0.05, 0) is 86.6 Å². The maximum Gasteiger partial charge on any atom is 0.275 e. The van der Waals surface area contributed by atoms with Crippen LogP contribution in [0, 0.1) is 17.3 Å². The first-order chi connectivity index (χ1) is 15.8. The summed E-state index contributed by atoms with van der Waals surface area (Å²) in [6.45, 7) is 0.401. The average molecular weight is 692 g/mol. The molecule has 170 valence electrons. The lowest BCUT2D eigenvalue weighted by molar-refractivity contribution is -0.384. The van der Waals surface area contributed by atoms with Crippen LogP contribution in [0.2, 0.25) is 5.02 Å². The lowest BCUT2D eigenvalue weighted by Crippen LogP contribution is -2.18. The van der Waals surface area contributed by atoms with Crippen molar-refractivity contribution in [3.05, 3.63) is 93.6 Å². The smallest absolute Gasteiger partial charge is 0.275 e. The number of nitro benzene ring substituents is 1. The number of carbonyl (C=O) groups is 1. The van der Waals surface area contributed by atoms with E-state index in [1.54, 1.807) is 0 Å². The second kappa shape index (κ2) is 11.6. The molecule has 0 aromatic heterocycles. The Morgan fingerprint density at radius 3 is 2.42 bits per heavy atom. The predicted octanol–water partition coefficient (Wildman–Crippen LogP) is 5.81. The molecule has 0 saturated carbocycles. The minimum Gasteiger partial charge on any atom is -0.496 e. The van der Waals surface area contributed by atoms with E-state index in [9.17, 15) is 14.9 Å². The second-order valence-corrected chi connectivity index (χ2v) is 9.33. The van der Waals surface area contributed by atoms with Crippen LogP contribution >= 0.6 is 56.8 Å². The van der Waals surface area contributed by atoms with Crippen molar-refractivity contribution in [3.8, 4) is 11.5 Å². The van der Waals surface area contributed by atoms with Gasteiger partial charge in [0.15, 0.2) is 0 Å². The number of ether oxygens (including phenoxy) is 2. The summed E-state index contributed by atoms with van der Waals surface area (Å²) < 4.78 is 12.8. The summed E-state index contributed by atoms with van der Waals surface area (Å²) >= 11 is 10.3. The number of halogens is 3. The lowest BCUT2D eigenvalue weighted by Gasteiger charge is -2.11. The zero-order chi connectivity index (χ0) is 24.0. The maximum atomic E-state index is 12.5. The topological polar surface area (TPSA) is 103 Å². The largest absolute Gasteiger partial charge is 0.496 e. The van der Waals surface area contributed by atoms with Crippen molar-refractivity contribution in [1.82, 2.24) is 5.43 Å². The van der Waals surface area contributed by atoms with Crippen molar-refractivity contribution < 1.29 is 19.2 Å². The molecule has 0 aliphatic heterocycles. The third-order valence-electron chi connectivity index (χ3n) is 4.34. The Morgan fingerprint density at radius 1 is 1.15 bits per heavy atom. The van der Waals surface area contributed by atoms with E-state index in [0.29, 0.717) is 11.6 Å². The van der Waals surface area contributed by atoms with Gasteiger partial charge >= 0.3 is 0 Å². The van der Waals surface area contributed by atoms with Crippen LogP contribution in [0.15, 0.2) is 59.7 Å². The van der Waals surface area contributed by atoms with Gasteiger partial charge in [0.25, 0.3) is 11.6 Å². The van der Waals surface area contributed by atoms with Crippen molar-refractivity contribution >= 4 is 74.6 Å². The summed E-state index contributed by atoms with van der Waals surface area (Å²) in [5, 5.41) is 15.6. The molecule has 0 aliphatic rings. The number of hydrogen-bond acceptors (Lipinski definition) is 6. The Bertz CT molecular complexity index is 1200. The lowest BCUT2D eigenvalue weighted by atomic mass is 10.1. The molecule has 0 unspecified atom stereocenters. The quantitative estimate of drug-likeness (QED) is 0.139. The van der Waals surface area contributed by atoms with Crippen LogP contribution in [0.5, 0.6) is 11.5 Å². The summed E-state index contributed by atoms with van der Waals surface area (Å²) in [4.78, 5) is 22.9. The first-order valence-electron chi connectivity index (χ1n) is 9.30. The molecular weight excluding hydrogens is 676 g/mol. The number of rotatable bonds is 8. The molecule has 0 heterocycles. The van der Waals surface area contributed by atoms with E-state index in [2.05, 4.69) is 55.7 Å². The summed E-state index contributed by atoms with van der Waals surface area (Å²) in [6.07, 6.45) is 1.48. The van der Waals surface area contributed by atoms with Crippen molar-refractivity contribution in [2.24, 2.45) is 5.10 Å². The molecular formula is C22H16ClI2N3O5. The summed E-state index contributed by atoms with van der Waals surface area (Å²) in [6, 6.07) is 14.9. The van der Waals surface area contributed by atoms with Crippen molar-refractivity contribution in [1.29, 1.82) is 0 Å². The van der Waals surface area contributed by atoms with E-state index < -0.39 is 10.8 Å². The molecule has 1 N–H and O–H groups in total. The van der Waals surface area contributed by atoms with Crippen molar-refractivity contribution in [2.75, 3.05) is 7.11 Å². The number of methoxy groups -OCH3 is 1. The zero-order valence-corrected chi connectivity index (χ0v) is 22.1. The third kappa shape index (κ3) is 6.77. The minimum absolute atomic E-state index is 0.0129. The Morgan fingerprint density at radius 2 is 1.82 bits per heavy atom. The summed E-state index contributed by atoms with van der Waals surface area (Å²) in [5.74, 6) is 0.326. The predicted molar refractivity (Wildman–Crippen MR) is 142 cm³/mol. The fraction of sp³-hybridized carbons (Fsp3) is 0.0909. The number of nitrogens with one attached hydrogen (secondary N) is 1. The van der Waals surface area contributed by atoms with E-state index in [4.69, 9.17) is 21.1 Å². The summed E-state index contributed by atoms with van der Waals surface area (Å²) in [7, 11) is 1.38. The highest BCUT2D eigenvalue weighted by Gasteiger charge is 2.17. The van der Waals surface area contributed by atoms with Crippen LogP contribution in [-0.4, -0.2) is 24.2 Å². The number of nitro groups is 1. The standard InChI is InChI=1S/C22H16ClI2N3O5/c1-32-20-7-6-16(28(30)31)10-17(20)22(29)27-26-11-14-8-18(24)21(19(25)9-14)33-12-13-2-4-15(23)5-3-13/h2-11H,12H2,1H3,(H,27,29)/b26-11-. The number of carbonyl (C=O) groups excluding carboxylic acids is 1. The van der Waals surface area contributed by atoms with Crippen LogP contribution in [0.3, 0.4) is 0 Å². The minimum atomic E-state index is -0.626. The second-order valence-electron chi connectivity index (χ2n) is 6.57. The van der Waals surface area contributed by atoms with E-state index in [1.165, 1.54) is 25.5 Å². The molecule has 3 aromatic carbocycles. The Labute approximate surface area is 221 Å². The third-order valence-corrected chi connectivity index (χ3v) is 6.19. The normalized spacial score (nSPS) is 10.8. The average Bonchev–Trinajstić information content (AvgIpc) is 2.79. The molecule has 33 heavy (non-hydrogen) atoms. The molecule has 8 nitrogen and oxygen atoms in total. The van der Waals surface area contributed by atoms with Crippen LogP contribution < -0.4 is 14.9 Å². The highest BCUT2D eigenvalue weighted by atomic mass is 127. The van der Waals surface area contributed by atoms with Gasteiger partial charge in [0.05, 0.1) is 31.0 Å². The molecule has 0 saturated heterocycles. The first kappa shape index (κ1) is 25.2. The Balaban J connectivity index is 1.69. The van der Waals surface area contributed by atoms with E-state index >= 15 is 0 Å². The van der Waals surface area contributed by atoms with Gasteiger partial charge in [0, 0.05) is 17.2 Å². The van der Waals surface area contributed by atoms with Gasteiger partial charge < -0.3 is 9.47 Å². The monoisotopic (exact) mass is 691 g/mol. The molecule has 0 radical (unpaired) electrons. The molecule has 3 rings (SSSR count). The highest BCUT2D eigenvalue weighted by molar-refractivity contribution is 14.1. The number of hydrogen-bond donors (Lipinski definition) is 1. The number of non-ortho nitro benzene ring substituents is 1. The SMILES string of the molecule is COc1ccc([N+](=O)[O-])cc1C(=O)N/N=C\c1cc(I)c(OCc2ccc(Cl)cc2)c(I)c1. The molecule has 3 aromatic rings. The van der Waals surface area contributed by atoms with Crippen LogP contribution in [-0.2, 0) is 6.61 Å². The Kier molecular flexibility index (Phi) is 8.86. The number of amides is 1. The molecule has 0 spiro atoms. The van der Waals surface area contributed by atoms with Crippen LogP contribution in [0.4, 0.5) is 5.69 Å². The van der Waals surface area contributed by atoms with Crippen molar-refractivity contribution in [2.45, 2.75) is 6.61 Å². The fourth-order valence-electron chi connectivity index (χ4n) is 2.74. The number of benzene rings is 3. The van der Waals surface area contributed by atoms with Gasteiger partial charge in [-0.2, -0.15) is 5.10 Å². The summed E-state index contributed by atoms with van der Waals surface area (Å²) in [5.41, 5.74) is 3.91. The molecule has 11 heteroatoms. The van der Waals surface area contributed by atoms with Gasteiger partial charge in [0.1, 0.15) is 18.1 Å². The molecule has 0 fully saturated rings. The zero-order valence-electron chi connectivity index (χ0n) is 17.1. The van der Waals surface area contributed by atoms with Crippen molar-refractivity contribution in [3.63, 3.8) is 0 Å². The van der Waals surface area contributed by atoms with Gasteiger partial charge in [0.2, 0.25) is 0 Å². The first-order valence-corrected chi connectivity index (χ1v) is 11.8. The van der Waals surface area contributed by atoms with E-state index in [1.807, 2.05) is 36.4 Å². The van der Waals surface area contributed by atoms with Gasteiger partial charge in [-0.3, -0.25) is 14.9 Å². The van der Waals surface area contributed by atoms with Gasteiger partial charge in [-0.25, -0.2) is 5.43 Å². The van der Waals surface area contributed by atoms with Gasteiger partial charge in [-0.1, -0.05) is 23.7 Å². The van der Waals surface area contributed by atoms with E-state index in [0.717, 1.165) is 30.1 Å². The molecule has 0 atom stereocenters. The van der Waals surface area contributed by atoms with Gasteiger partial charge in [-0.15, -0.1) is 0 Å². The van der Waals surface area contributed by atoms with E-state index in [-0.39, 0.29) is 17.0 Å². The van der Waals surface area contributed by atoms with Crippen LogP contribution in [0.1, 0.15) is 21.5 Å².